The van der Waals surface area contributed by atoms with Crippen molar-refractivity contribution < 1.29 is 14.2 Å². The predicted molar refractivity (Wildman–Crippen MR) is 95.0 cm³/mol. The summed E-state index contributed by atoms with van der Waals surface area (Å²) in [4.78, 5) is 0. The molecule has 0 N–H and O–H groups in total. The van der Waals surface area contributed by atoms with Gasteiger partial charge in [0.25, 0.3) is 0 Å². The molecule has 2 aliphatic heterocycles. The van der Waals surface area contributed by atoms with Crippen LogP contribution in [0.4, 0.5) is 0 Å². The number of rotatable bonds is 0. The van der Waals surface area contributed by atoms with Gasteiger partial charge in [-0.3, -0.25) is 0 Å². The first-order chi connectivity index (χ1) is 12.0. The van der Waals surface area contributed by atoms with Crippen LogP contribution in [0.2, 0.25) is 0 Å². The number of hydrogen-bond acceptors (Lipinski definition) is 3. The summed E-state index contributed by atoms with van der Waals surface area (Å²) in [5.74, 6) is 2.33. The zero-order chi connectivity index (χ0) is 16.9. The van der Waals surface area contributed by atoms with Crippen LogP contribution in [0.5, 0.6) is 0 Å². The summed E-state index contributed by atoms with van der Waals surface area (Å²) in [7, 11) is 0. The third kappa shape index (κ3) is 1.83. The molecular weight excluding hydrogens is 312 g/mol. The second-order valence-corrected chi connectivity index (χ2v) is 10.3. The van der Waals surface area contributed by atoms with Gasteiger partial charge in [-0.1, -0.05) is 25.5 Å². The van der Waals surface area contributed by atoms with Crippen molar-refractivity contribution in [2.24, 2.45) is 28.6 Å². The van der Waals surface area contributed by atoms with Crippen molar-refractivity contribution in [2.75, 3.05) is 19.8 Å². The fraction of sp³-hybridized carbons (Fsp3) is 0.909. The van der Waals surface area contributed by atoms with Crippen molar-refractivity contribution in [3.05, 3.63) is 11.6 Å². The minimum absolute atomic E-state index is 0.273. The number of hydrogen-bond donors (Lipinski definition) is 0. The van der Waals surface area contributed by atoms with E-state index in [2.05, 4.69) is 19.9 Å². The number of fused-ring (bicyclic) bond motifs is 6. The van der Waals surface area contributed by atoms with Gasteiger partial charge in [0.15, 0.2) is 5.79 Å². The van der Waals surface area contributed by atoms with Crippen molar-refractivity contribution in [2.45, 2.75) is 76.6 Å². The number of allylic oxidation sites excluding steroid dienone is 1. The zero-order valence-corrected chi connectivity index (χ0v) is 15.8. The fourth-order valence-electron chi connectivity index (χ4n) is 8.00. The van der Waals surface area contributed by atoms with Crippen LogP contribution >= 0.6 is 0 Å². The molecule has 5 fully saturated rings. The average Bonchev–Trinajstić information content (AvgIpc) is 3.18. The summed E-state index contributed by atoms with van der Waals surface area (Å²) >= 11 is 0. The lowest BCUT2D eigenvalue weighted by Crippen LogP contribution is -2.53. The first kappa shape index (κ1) is 15.7. The van der Waals surface area contributed by atoms with Crippen LogP contribution in [0, 0.1) is 28.6 Å². The Balaban J connectivity index is 1.33. The lowest BCUT2D eigenvalue weighted by Gasteiger charge is -2.58. The van der Waals surface area contributed by atoms with Gasteiger partial charge in [0.2, 0.25) is 0 Å². The normalized spacial score (nSPS) is 55.6. The van der Waals surface area contributed by atoms with Gasteiger partial charge in [-0.15, -0.1) is 0 Å². The molecule has 0 aromatic rings. The third-order valence-corrected chi connectivity index (χ3v) is 9.71. The van der Waals surface area contributed by atoms with E-state index in [9.17, 15) is 0 Å². The molecule has 2 spiro atoms. The molecule has 0 amide bonds. The van der Waals surface area contributed by atoms with Gasteiger partial charge in [0.05, 0.1) is 25.4 Å². The molecule has 0 unspecified atom stereocenters. The van der Waals surface area contributed by atoms with E-state index in [1.165, 1.54) is 38.5 Å². The van der Waals surface area contributed by atoms with Crippen molar-refractivity contribution in [3.63, 3.8) is 0 Å². The first-order valence-corrected chi connectivity index (χ1v) is 10.6. The lowest BCUT2D eigenvalue weighted by molar-refractivity contribution is -0.185. The van der Waals surface area contributed by atoms with E-state index in [-0.39, 0.29) is 11.4 Å². The molecule has 2 heterocycles. The molecule has 6 aliphatic rings. The highest BCUT2D eigenvalue weighted by atomic mass is 16.7. The third-order valence-electron chi connectivity index (χ3n) is 9.71. The maximum Gasteiger partial charge on any atom is 0.172 e. The molecule has 3 saturated carbocycles. The van der Waals surface area contributed by atoms with Crippen LogP contribution in [0.15, 0.2) is 11.6 Å². The fourth-order valence-corrected chi connectivity index (χ4v) is 8.00. The van der Waals surface area contributed by atoms with E-state index in [0.29, 0.717) is 10.8 Å². The van der Waals surface area contributed by atoms with Crippen molar-refractivity contribution >= 4 is 0 Å². The number of ether oxygens (including phenoxy) is 3. The highest BCUT2D eigenvalue weighted by Crippen LogP contribution is 2.71. The van der Waals surface area contributed by atoms with E-state index in [0.717, 1.165) is 50.4 Å². The second-order valence-electron chi connectivity index (χ2n) is 10.3. The highest BCUT2D eigenvalue weighted by Gasteiger charge is 2.69. The standard InChI is InChI=1S/C22H32O3/c1-19-9-10-22(23-11-12-24-22)13-15(19)3-4-16-17(19)5-7-20(2)18(16)6-8-21(20)14-25-21/h3,16-18H,4-14H2,1-2H3/t16-,17+,18-,19-,20-,21-/m0/s1. The average molecular weight is 344 g/mol. The van der Waals surface area contributed by atoms with Crippen LogP contribution in [0.1, 0.15) is 65.2 Å². The Morgan fingerprint density at radius 1 is 0.920 bits per heavy atom. The lowest BCUT2D eigenvalue weighted by atomic mass is 9.47. The molecule has 3 heteroatoms. The van der Waals surface area contributed by atoms with E-state index in [4.69, 9.17) is 14.2 Å². The Labute approximate surface area is 151 Å². The summed E-state index contributed by atoms with van der Waals surface area (Å²) in [5, 5.41) is 0. The second kappa shape index (κ2) is 4.72. The van der Waals surface area contributed by atoms with Crippen molar-refractivity contribution in [1.29, 1.82) is 0 Å². The quantitative estimate of drug-likeness (QED) is 0.480. The SMILES string of the molecule is C[C@]12CCC3(CC1=CC[C@H]1[C@H]2CC[C@@]2(C)[C@H]1CC[C@]21CO1)OCCO3. The molecule has 138 valence electrons. The van der Waals surface area contributed by atoms with E-state index in [1.807, 2.05) is 0 Å². The molecule has 0 aromatic heterocycles. The predicted octanol–water partition coefficient (Wildman–Crippen LogP) is 4.46. The highest BCUT2D eigenvalue weighted by molar-refractivity contribution is 5.28. The maximum absolute atomic E-state index is 6.06. The Morgan fingerprint density at radius 3 is 2.44 bits per heavy atom. The summed E-state index contributed by atoms with van der Waals surface area (Å²) < 4.78 is 18.2. The summed E-state index contributed by atoms with van der Waals surface area (Å²) in [5.41, 5.74) is 2.75. The van der Waals surface area contributed by atoms with Crippen LogP contribution < -0.4 is 0 Å². The van der Waals surface area contributed by atoms with Crippen LogP contribution in [-0.2, 0) is 14.2 Å². The minimum Gasteiger partial charge on any atom is -0.369 e. The molecule has 0 bridgehead atoms. The molecule has 6 atom stereocenters. The molecule has 0 aromatic carbocycles. The summed E-state index contributed by atoms with van der Waals surface area (Å²) in [6.45, 7) is 7.72. The topological polar surface area (TPSA) is 31.0 Å². The molecular formula is C22H32O3. The first-order valence-electron chi connectivity index (χ1n) is 10.6. The minimum atomic E-state index is -0.277. The van der Waals surface area contributed by atoms with E-state index in [1.54, 1.807) is 5.57 Å². The van der Waals surface area contributed by atoms with Crippen molar-refractivity contribution in [1.82, 2.24) is 0 Å². The molecule has 0 radical (unpaired) electrons. The molecule has 3 nitrogen and oxygen atoms in total. The summed E-state index contributed by atoms with van der Waals surface area (Å²) in [6.07, 6.45) is 12.7. The number of epoxide rings is 1. The zero-order valence-electron chi connectivity index (χ0n) is 15.8. The van der Waals surface area contributed by atoms with Gasteiger partial charge in [-0.25, -0.2) is 0 Å². The molecule has 2 saturated heterocycles. The van der Waals surface area contributed by atoms with Crippen LogP contribution in [0.3, 0.4) is 0 Å². The largest absolute Gasteiger partial charge is 0.369 e. The van der Waals surface area contributed by atoms with Crippen molar-refractivity contribution in [3.8, 4) is 0 Å². The van der Waals surface area contributed by atoms with Gasteiger partial charge in [-0.2, -0.15) is 0 Å². The Hall–Kier alpha value is -0.380. The van der Waals surface area contributed by atoms with Gasteiger partial charge >= 0.3 is 0 Å². The molecule has 6 rings (SSSR count). The van der Waals surface area contributed by atoms with Gasteiger partial charge in [0, 0.05) is 18.3 Å². The monoisotopic (exact) mass is 344 g/mol. The van der Waals surface area contributed by atoms with Crippen LogP contribution in [0.25, 0.3) is 0 Å². The van der Waals surface area contributed by atoms with Gasteiger partial charge in [-0.05, 0) is 61.7 Å². The summed E-state index contributed by atoms with van der Waals surface area (Å²) in [6, 6.07) is 0. The maximum atomic E-state index is 6.06. The van der Waals surface area contributed by atoms with Gasteiger partial charge < -0.3 is 14.2 Å². The smallest absolute Gasteiger partial charge is 0.172 e. The van der Waals surface area contributed by atoms with E-state index >= 15 is 0 Å². The Bertz CT molecular complexity index is 629. The molecule has 25 heavy (non-hydrogen) atoms. The van der Waals surface area contributed by atoms with Crippen LogP contribution in [-0.4, -0.2) is 31.2 Å². The van der Waals surface area contributed by atoms with Gasteiger partial charge in [0.1, 0.15) is 0 Å². The molecule has 4 aliphatic carbocycles. The Kier molecular flexibility index (Phi) is 2.95. The Morgan fingerprint density at radius 2 is 1.68 bits per heavy atom. The van der Waals surface area contributed by atoms with E-state index < -0.39 is 0 Å².